The molecule has 0 atom stereocenters. The number of hydrazine groups is 1. The minimum atomic E-state index is -0.389. The SMILES string of the molecule is CCn1c(-c2ccccc2Cl)nc(NNc2ccccc2)nc1=O. The Morgan fingerprint density at radius 2 is 1.71 bits per heavy atom. The summed E-state index contributed by atoms with van der Waals surface area (Å²) in [5.41, 5.74) is 6.94. The van der Waals surface area contributed by atoms with Gasteiger partial charge in [0.05, 0.1) is 10.7 Å². The summed E-state index contributed by atoms with van der Waals surface area (Å²) < 4.78 is 1.48. The monoisotopic (exact) mass is 341 g/mol. The van der Waals surface area contributed by atoms with Crippen molar-refractivity contribution in [1.29, 1.82) is 0 Å². The van der Waals surface area contributed by atoms with Gasteiger partial charge in [0.25, 0.3) is 0 Å². The zero-order chi connectivity index (χ0) is 16.9. The molecule has 0 saturated carbocycles. The summed E-state index contributed by atoms with van der Waals surface area (Å²) in [6.45, 7) is 2.31. The van der Waals surface area contributed by atoms with Gasteiger partial charge in [0.15, 0.2) is 0 Å². The van der Waals surface area contributed by atoms with E-state index in [-0.39, 0.29) is 11.6 Å². The molecule has 0 bridgehead atoms. The van der Waals surface area contributed by atoms with Gasteiger partial charge < -0.3 is 0 Å². The van der Waals surface area contributed by atoms with Crippen molar-refractivity contribution in [3.63, 3.8) is 0 Å². The number of para-hydroxylation sites is 1. The molecule has 0 unspecified atom stereocenters. The maximum atomic E-state index is 12.3. The highest BCUT2D eigenvalue weighted by Gasteiger charge is 2.13. The van der Waals surface area contributed by atoms with E-state index in [9.17, 15) is 4.79 Å². The van der Waals surface area contributed by atoms with Crippen molar-refractivity contribution in [1.82, 2.24) is 14.5 Å². The zero-order valence-electron chi connectivity index (χ0n) is 13.0. The second-order valence-corrected chi connectivity index (χ2v) is 5.40. The lowest BCUT2D eigenvalue weighted by molar-refractivity contribution is 0.688. The fourth-order valence-corrected chi connectivity index (χ4v) is 2.49. The Labute approximate surface area is 144 Å². The molecule has 122 valence electrons. The molecule has 0 amide bonds. The summed E-state index contributed by atoms with van der Waals surface area (Å²) in [7, 11) is 0. The second kappa shape index (κ2) is 7.14. The first kappa shape index (κ1) is 16.0. The molecule has 7 heteroatoms. The fourth-order valence-electron chi connectivity index (χ4n) is 2.27. The molecule has 3 rings (SSSR count). The number of anilines is 2. The first-order valence-electron chi connectivity index (χ1n) is 7.50. The van der Waals surface area contributed by atoms with E-state index in [0.29, 0.717) is 23.0 Å². The molecular formula is C17H16ClN5O. The first-order valence-corrected chi connectivity index (χ1v) is 7.87. The Kier molecular flexibility index (Phi) is 4.77. The van der Waals surface area contributed by atoms with E-state index in [1.54, 1.807) is 6.07 Å². The van der Waals surface area contributed by atoms with Crippen molar-refractivity contribution in [2.75, 3.05) is 10.9 Å². The van der Waals surface area contributed by atoms with Gasteiger partial charge in [-0.05, 0) is 31.2 Å². The molecule has 0 radical (unpaired) electrons. The van der Waals surface area contributed by atoms with Gasteiger partial charge in [-0.25, -0.2) is 4.79 Å². The highest BCUT2D eigenvalue weighted by Crippen LogP contribution is 2.25. The second-order valence-electron chi connectivity index (χ2n) is 4.99. The summed E-state index contributed by atoms with van der Waals surface area (Å²) in [5.74, 6) is 0.656. The van der Waals surface area contributed by atoms with Crippen LogP contribution in [0.3, 0.4) is 0 Å². The summed E-state index contributed by atoms with van der Waals surface area (Å²) in [6, 6.07) is 16.7. The Morgan fingerprint density at radius 1 is 1.00 bits per heavy atom. The zero-order valence-corrected chi connectivity index (χ0v) is 13.8. The molecule has 0 fully saturated rings. The first-order chi connectivity index (χ1) is 11.7. The van der Waals surface area contributed by atoms with E-state index >= 15 is 0 Å². The van der Waals surface area contributed by atoms with Gasteiger partial charge in [-0.2, -0.15) is 9.97 Å². The van der Waals surface area contributed by atoms with Crippen molar-refractivity contribution in [3.8, 4) is 11.4 Å². The average Bonchev–Trinajstić information content (AvgIpc) is 2.61. The maximum absolute atomic E-state index is 12.3. The summed E-state index contributed by atoms with van der Waals surface area (Å²) in [4.78, 5) is 20.7. The van der Waals surface area contributed by atoms with E-state index in [4.69, 9.17) is 11.6 Å². The molecule has 0 saturated heterocycles. The maximum Gasteiger partial charge on any atom is 0.352 e. The number of benzene rings is 2. The van der Waals surface area contributed by atoms with Crippen molar-refractivity contribution in [2.24, 2.45) is 0 Å². The van der Waals surface area contributed by atoms with Crippen LogP contribution in [-0.4, -0.2) is 14.5 Å². The number of nitrogens with one attached hydrogen (secondary N) is 2. The molecule has 6 nitrogen and oxygen atoms in total. The molecule has 0 spiro atoms. The third-order valence-electron chi connectivity index (χ3n) is 3.42. The molecule has 3 aromatic rings. The Morgan fingerprint density at radius 3 is 2.42 bits per heavy atom. The third-order valence-corrected chi connectivity index (χ3v) is 3.75. The van der Waals surface area contributed by atoms with E-state index in [0.717, 1.165) is 5.69 Å². The van der Waals surface area contributed by atoms with Crippen molar-refractivity contribution in [3.05, 3.63) is 70.1 Å². The molecule has 24 heavy (non-hydrogen) atoms. The lowest BCUT2D eigenvalue weighted by Crippen LogP contribution is -2.27. The Balaban J connectivity index is 1.98. The van der Waals surface area contributed by atoms with Crippen molar-refractivity contribution in [2.45, 2.75) is 13.5 Å². The van der Waals surface area contributed by atoms with Crippen LogP contribution in [0, 0.1) is 0 Å². The van der Waals surface area contributed by atoms with E-state index in [2.05, 4.69) is 20.8 Å². The van der Waals surface area contributed by atoms with Crippen LogP contribution in [0.15, 0.2) is 59.4 Å². The topological polar surface area (TPSA) is 71.8 Å². The molecule has 0 aliphatic heterocycles. The normalized spacial score (nSPS) is 10.4. The Hall–Kier alpha value is -2.86. The predicted molar refractivity (Wildman–Crippen MR) is 96.1 cm³/mol. The van der Waals surface area contributed by atoms with Crippen LogP contribution in [0.25, 0.3) is 11.4 Å². The van der Waals surface area contributed by atoms with Gasteiger partial charge in [-0.15, -0.1) is 0 Å². The Bertz CT molecular complexity index is 895. The number of hydrogen-bond acceptors (Lipinski definition) is 5. The van der Waals surface area contributed by atoms with Gasteiger partial charge in [0, 0.05) is 12.1 Å². The van der Waals surface area contributed by atoms with Crippen LogP contribution in [-0.2, 0) is 6.54 Å². The van der Waals surface area contributed by atoms with E-state index in [1.807, 2.05) is 55.5 Å². The number of aromatic nitrogens is 3. The smallest absolute Gasteiger partial charge is 0.298 e. The molecule has 1 heterocycles. The molecule has 1 aromatic heterocycles. The molecule has 2 N–H and O–H groups in total. The summed E-state index contributed by atoms with van der Waals surface area (Å²) >= 11 is 6.25. The average molecular weight is 342 g/mol. The largest absolute Gasteiger partial charge is 0.352 e. The molecular weight excluding hydrogens is 326 g/mol. The number of hydrogen-bond donors (Lipinski definition) is 2. The minimum Gasteiger partial charge on any atom is -0.298 e. The third kappa shape index (κ3) is 3.38. The fraction of sp³-hybridized carbons (Fsp3) is 0.118. The van der Waals surface area contributed by atoms with Gasteiger partial charge in [-0.1, -0.05) is 41.9 Å². The van der Waals surface area contributed by atoms with Crippen LogP contribution in [0.5, 0.6) is 0 Å². The number of rotatable bonds is 5. The van der Waals surface area contributed by atoms with Crippen LogP contribution < -0.4 is 16.5 Å². The molecule has 2 aromatic carbocycles. The predicted octanol–water partition coefficient (Wildman–Crippen LogP) is 3.42. The van der Waals surface area contributed by atoms with Crippen molar-refractivity contribution < 1.29 is 0 Å². The highest BCUT2D eigenvalue weighted by molar-refractivity contribution is 6.33. The van der Waals surface area contributed by atoms with Crippen LogP contribution in [0.4, 0.5) is 11.6 Å². The summed E-state index contributed by atoms with van der Waals surface area (Å²) in [5, 5.41) is 0.528. The van der Waals surface area contributed by atoms with Crippen molar-refractivity contribution >= 4 is 23.2 Å². The molecule has 0 aliphatic rings. The van der Waals surface area contributed by atoms with Gasteiger partial charge in [0.2, 0.25) is 5.95 Å². The number of nitrogens with zero attached hydrogens (tertiary/aromatic N) is 3. The van der Waals surface area contributed by atoms with Crippen LogP contribution >= 0.6 is 11.6 Å². The van der Waals surface area contributed by atoms with E-state index < -0.39 is 0 Å². The quantitative estimate of drug-likeness (QED) is 0.696. The van der Waals surface area contributed by atoms with Gasteiger partial charge in [0.1, 0.15) is 5.82 Å². The lowest BCUT2D eigenvalue weighted by Gasteiger charge is -2.13. The van der Waals surface area contributed by atoms with Crippen LogP contribution in [0.2, 0.25) is 5.02 Å². The van der Waals surface area contributed by atoms with Crippen LogP contribution in [0.1, 0.15) is 6.92 Å². The van der Waals surface area contributed by atoms with Gasteiger partial charge in [-0.3, -0.25) is 15.4 Å². The standard InChI is InChI=1S/C17H16ClN5O/c1-2-23-15(13-10-6-7-11-14(13)18)19-16(20-17(23)24)22-21-12-8-4-3-5-9-12/h3-11,21H,2H2,1H3,(H,20,22,24). The lowest BCUT2D eigenvalue weighted by atomic mass is 10.2. The van der Waals surface area contributed by atoms with E-state index in [1.165, 1.54) is 4.57 Å². The number of halogens is 1. The highest BCUT2D eigenvalue weighted by atomic mass is 35.5. The molecule has 0 aliphatic carbocycles. The van der Waals surface area contributed by atoms with Gasteiger partial charge >= 0.3 is 5.69 Å². The minimum absolute atomic E-state index is 0.184. The summed E-state index contributed by atoms with van der Waals surface area (Å²) in [6.07, 6.45) is 0.